The van der Waals surface area contributed by atoms with E-state index >= 15 is 0 Å². The number of ether oxygens (including phenoxy) is 1. The first-order valence-electron chi connectivity index (χ1n) is 6.66. The number of aliphatic carboxylic acids is 1. The summed E-state index contributed by atoms with van der Waals surface area (Å²) in [5.41, 5.74) is 0. The van der Waals surface area contributed by atoms with E-state index in [9.17, 15) is 19.2 Å². The number of carboxylic acids is 1. The topological polar surface area (TPSA) is 116 Å². The standard InChI is InChI=1S/C12H17N3O6/c16-9-5-13-12(20)15(9)6-10(17)14-3-1-8(2-4-14)21-7-11(18)19/h8H,1-7H2,(H,13,20)(H,18,19). The van der Waals surface area contributed by atoms with Crippen LogP contribution in [-0.2, 0) is 19.1 Å². The summed E-state index contributed by atoms with van der Waals surface area (Å²) < 4.78 is 5.17. The van der Waals surface area contributed by atoms with Gasteiger partial charge in [0.2, 0.25) is 5.91 Å². The molecule has 0 saturated carbocycles. The van der Waals surface area contributed by atoms with Crippen LogP contribution in [0.15, 0.2) is 0 Å². The SMILES string of the molecule is O=C(O)COC1CCN(C(=O)CN2C(=O)CNC2=O)CC1. The molecular formula is C12H17N3O6. The zero-order valence-electron chi connectivity index (χ0n) is 11.4. The summed E-state index contributed by atoms with van der Waals surface area (Å²) in [5.74, 6) is -1.72. The van der Waals surface area contributed by atoms with Gasteiger partial charge in [-0.1, -0.05) is 0 Å². The fourth-order valence-electron chi connectivity index (χ4n) is 2.31. The summed E-state index contributed by atoms with van der Waals surface area (Å²) in [5, 5.41) is 10.9. The molecule has 0 aromatic carbocycles. The van der Waals surface area contributed by atoms with Crippen LogP contribution in [0.4, 0.5) is 4.79 Å². The maximum atomic E-state index is 12.0. The Kier molecular flexibility index (Phi) is 4.73. The van der Waals surface area contributed by atoms with E-state index < -0.39 is 17.9 Å². The molecule has 0 aromatic rings. The molecule has 0 aliphatic carbocycles. The van der Waals surface area contributed by atoms with Crippen LogP contribution < -0.4 is 5.32 Å². The predicted molar refractivity (Wildman–Crippen MR) is 68.3 cm³/mol. The zero-order chi connectivity index (χ0) is 15.4. The van der Waals surface area contributed by atoms with Crippen molar-refractivity contribution in [3.05, 3.63) is 0 Å². The summed E-state index contributed by atoms with van der Waals surface area (Å²) in [6, 6.07) is -0.548. The molecule has 0 radical (unpaired) electrons. The largest absolute Gasteiger partial charge is 0.480 e. The molecule has 2 aliphatic heterocycles. The number of likely N-dealkylation sites (tertiary alicyclic amines) is 1. The highest BCUT2D eigenvalue weighted by Gasteiger charge is 2.32. The number of imide groups is 1. The monoisotopic (exact) mass is 299 g/mol. The number of nitrogens with zero attached hydrogens (tertiary/aromatic N) is 2. The fourth-order valence-corrected chi connectivity index (χ4v) is 2.31. The second-order valence-corrected chi connectivity index (χ2v) is 4.92. The van der Waals surface area contributed by atoms with Gasteiger partial charge in [0.05, 0.1) is 12.6 Å². The van der Waals surface area contributed by atoms with Gasteiger partial charge in [0, 0.05) is 13.1 Å². The minimum atomic E-state index is -1.02. The van der Waals surface area contributed by atoms with Gasteiger partial charge in [0.15, 0.2) is 0 Å². The molecule has 2 saturated heterocycles. The molecule has 116 valence electrons. The van der Waals surface area contributed by atoms with E-state index in [0.717, 1.165) is 4.90 Å². The Morgan fingerprint density at radius 2 is 1.95 bits per heavy atom. The molecule has 9 heteroatoms. The lowest BCUT2D eigenvalue weighted by Gasteiger charge is -2.32. The van der Waals surface area contributed by atoms with Crippen LogP contribution in [0, 0.1) is 0 Å². The quantitative estimate of drug-likeness (QED) is 0.605. The van der Waals surface area contributed by atoms with Gasteiger partial charge in [-0.25, -0.2) is 9.59 Å². The predicted octanol–water partition coefficient (Wildman–Crippen LogP) is -1.37. The number of carbonyl (C=O) groups is 4. The van der Waals surface area contributed by atoms with E-state index in [1.807, 2.05) is 0 Å². The van der Waals surface area contributed by atoms with Crippen molar-refractivity contribution in [2.75, 3.05) is 32.8 Å². The van der Waals surface area contributed by atoms with E-state index in [1.165, 1.54) is 0 Å². The van der Waals surface area contributed by atoms with Crippen molar-refractivity contribution < 1.29 is 29.0 Å². The first-order valence-corrected chi connectivity index (χ1v) is 6.66. The van der Waals surface area contributed by atoms with Crippen LogP contribution in [0.3, 0.4) is 0 Å². The van der Waals surface area contributed by atoms with Gasteiger partial charge in [-0.2, -0.15) is 0 Å². The highest BCUT2D eigenvalue weighted by molar-refractivity contribution is 6.04. The van der Waals surface area contributed by atoms with Crippen molar-refractivity contribution in [3.8, 4) is 0 Å². The third-order valence-corrected chi connectivity index (χ3v) is 3.47. The van der Waals surface area contributed by atoms with E-state index in [4.69, 9.17) is 9.84 Å². The molecule has 2 rings (SSSR count). The average Bonchev–Trinajstić information content (AvgIpc) is 2.77. The second-order valence-electron chi connectivity index (χ2n) is 4.92. The molecule has 2 aliphatic rings. The molecule has 0 atom stereocenters. The van der Waals surface area contributed by atoms with Gasteiger partial charge in [-0.05, 0) is 12.8 Å². The van der Waals surface area contributed by atoms with Crippen molar-refractivity contribution in [2.24, 2.45) is 0 Å². The molecule has 0 unspecified atom stereocenters. The Bertz CT molecular complexity index is 442. The van der Waals surface area contributed by atoms with Crippen molar-refractivity contribution in [1.82, 2.24) is 15.1 Å². The lowest BCUT2D eigenvalue weighted by Crippen LogP contribution is -2.47. The minimum Gasteiger partial charge on any atom is -0.480 e. The highest BCUT2D eigenvalue weighted by atomic mass is 16.5. The van der Waals surface area contributed by atoms with E-state index in [-0.39, 0.29) is 31.7 Å². The number of nitrogens with one attached hydrogen (secondary N) is 1. The number of carbonyl (C=O) groups excluding carboxylic acids is 3. The molecule has 2 N–H and O–H groups in total. The van der Waals surface area contributed by atoms with Crippen LogP contribution in [0.2, 0.25) is 0 Å². The molecule has 0 bridgehead atoms. The van der Waals surface area contributed by atoms with Gasteiger partial charge < -0.3 is 20.1 Å². The molecule has 0 aromatic heterocycles. The molecule has 21 heavy (non-hydrogen) atoms. The van der Waals surface area contributed by atoms with Crippen LogP contribution in [0.5, 0.6) is 0 Å². The summed E-state index contributed by atoms with van der Waals surface area (Å²) in [7, 11) is 0. The first kappa shape index (κ1) is 15.2. The van der Waals surface area contributed by atoms with Gasteiger partial charge >= 0.3 is 12.0 Å². The van der Waals surface area contributed by atoms with E-state index in [1.54, 1.807) is 4.90 Å². The van der Waals surface area contributed by atoms with Crippen LogP contribution in [0.1, 0.15) is 12.8 Å². The Morgan fingerprint density at radius 1 is 1.29 bits per heavy atom. The number of carboxylic acid groups (broad SMARTS) is 1. The Balaban J connectivity index is 1.76. The lowest BCUT2D eigenvalue weighted by atomic mass is 10.1. The van der Waals surface area contributed by atoms with Gasteiger partial charge in [0.1, 0.15) is 13.2 Å². The number of amides is 4. The maximum Gasteiger partial charge on any atom is 0.329 e. The van der Waals surface area contributed by atoms with E-state index in [2.05, 4.69) is 5.32 Å². The van der Waals surface area contributed by atoms with Crippen molar-refractivity contribution in [3.63, 3.8) is 0 Å². The average molecular weight is 299 g/mol. The molecule has 0 spiro atoms. The molecule has 4 amide bonds. The number of piperidine rings is 1. The Labute approximate surface area is 120 Å². The Morgan fingerprint density at radius 3 is 2.48 bits per heavy atom. The smallest absolute Gasteiger partial charge is 0.329 e. The van der Waals surface area contributed by atoms with Gasteiger partial charge in [0.25, 0.3) is 5.91 Å². The fraction of sp³-hybridized carbons (Fsp3) is 0.667. The zero-order valence-corrected chi connectivity index (χ0v) is 11.4. The number of rotatable bonds is 5. The van der Waals surface area contributed by atoms with Gasteiger partial charge in [-0.3, -0.25) is 14.5 Å². The summed E-state index contributed by atoms with van der Waals surface area (Å²) in [4.78, 5) is 47.6. The third-order valence-electron chi connectivity index (χ3n) is 3.47. The van der Waals surface area contributed by atoms with Crippen LogP contribution in [0.25, 0.3) is 0 Å². The van der Waals surface area contributed by atoms with Gasteiger partial charge in [-0.15, -0.1) is 0 Å². The van der Waals surface area contributed by atoms with Crippen molar-refractivity contribution in [2.45, 2.75) is 18.9 Å². The van der Waals surface area contributed by atoms with Crippen LogP contribution >= 0.6 is 0 Å². The normalized spacial score (nSPS) is 19.8. The summed E-state index contributed by atoms with van der Waals surface area (Å²) in [6.45, 7) is 0.170. The minimum absolute atomic E-state index is 0.0722. The molecular weight excluding hydrogens is 282 g/mol. The van der Waals surface area contributed by atoms with Crippen molar-refractivity contribution >= 4 is 23.8 Å². The van der Waals surface area contributed by atoms with E-state index in [0.29, 0.717) is 25.9 Å². The Hall–Kier alpha value is -2.16. The summed E-state index contributed by atoms with van der Waals surface area (Å²) in [6.07, 6.45) is 0.903. The lowest BCUT2D eigenvalue weighted by molar-refractivity contribution is -0.147. The molecule has 2 fully saturated rings. The molecule has 9 nitrogen and oxygen atoms in total. The third kappa shape index (κ3) is 3.91. The molecule has 2 heterocycles. The summed E-state index contributed by atoms with van der Waals surface area (Å²) >= 11 is 0. The van der Waals surface area contributed by atoms with Crippen molar-refractivity contribution in [1.29, 1.82) is 0 Å². The number of urea groups is 1. The second kappa shape index (κ2) is 6.53. The highest BCUT2D eigenvalue weighted by Crippen LogP contribution is 2.14. The van der Waals surface area contributed by atoms with Crippen LogP contribution in [-0.4, -0.2) is 77.6 Å². The number of hydrogen-bond acceptors (Lipinski definition) is 5. The first-order chi connectivity index (χ1) is 9.97. The maximum absolute atomic E-state index is 12.0. The number of hydrogen-bond donors (Lipinski definition) is 2.